The molecule has 0 aromatic rings. The van der Waals surface area contributed by atoms with E-state index in [1.165, 1.54) is 40.9 Å². The molecule has 2 rings (SSSR count). The molecule has 2 heterocycles. The molecule has 11 N–H and O–H groups in total. The molecule has 0 saturated carbocycles. The topological polar surface area (TPSA) is 377 Å². The number of aliphatic hydroxyl groups is 10. The minimum absolute atomic E-state index is 0. The zero-order chi connectivity index (χ0) is 54.9. The number of hydrogen-bond donors (Lipinski definition) is 10. The Bertz CT molecular complexity index is 944. The van der Waals surface area contributed by atoms with Gasteiger partial charge in [0.05, 0.1) is 138 Å². The van der Waals surface area contributed by atoms with Crippen LogP contribution in [0.2, 0.25) is 0 Å². The van der Waals surface area contributed by atoms with E-state index in [-0.39, 0.29) is 147 Å². The summed E-state index contributed by atoms with van der Waals surface area (Å²) in [6.45, 7) is 10.7. The second kappa shape index (κ2) is 77.6. The van der Waals surface area contributed by atoms with Crippen molar-refractivity contribution in [1.82, 2.24) is 0 Å². The molecule has 2 aliphatic heterocycles. The minimum atomic E-state index is -0.639. The number of ether oxygens (including phenoxy) is 15. The number of methoxy groups -OCH3 is 7. The summed E-state index contributed by atoms with van der Waals surface area (Å²) >= 11 is 6.07. The summed E-state index contributed by atoms with van der Waals surface area (Å²) in [5, 5.41) is 90.5. The molecule has 31 heteroatoms. The fourth-order valence-corrected chi connectivity index (χ4v) is 4.40. The van der Waals surface area contributed by atoms with Crippen LogP contribution in [0.5, 0.6) is 0 Å². The molecule has 0 aromatic heterocycles. The molecule has 0 aliphatic carbocycles. The molecule has 11 unspecified atom stereocenters. The maximum Gasteiger partial charge on any atom is 1.00 e. The van der Waals surface area contributed by atoms with E-state index in [0.717, 1.165) is 20.3 Å². The van der Waals surface area contributed by atoms with Crippen LogP contribution in [0.15, 0.2) is 12.7 Å². The van der Waals surface area contributed by atoms with Gasteiger partial charge >= 0.3 is 29.6 Å². The zero-order valence-electron chi connectivity index (χ0n) is 45.4. The summed E-state index contributed by atoms with van der Waals surface area (Å²) in [6, 6.07) is 0. The van der Waals surface area contributed by atoms with E-state index in [2.05, 4.69) is 52.6 Å². The molecule has 0 aromatic carbocycles. The van der Waals surface area contributed by atoms with Gasteiger partial charge in [-0.1, -0.05) is 22.0 Å². The first-order valence-electron chi connectivity index (χ1n) is 22.4. The van der Waals surface area contributed by atoms with E-state index in [4.69, 9.17) is 108 Å². The third kappa shape index (κ3) is 89.5. The third-order valence-electron chi connectivity index (χ3n) is 7.26. The molecule has 26 nitrogen and oxygen atoms in total. The average Bonchev–Trinajstić information content (AvgIpc) is 4.29. The summed E-state index contributed by atoms with van der Waals surface area (Å²) < 4.78 is 72.8. The molecule has 75 heavy (non-hydrogen) atoms. The van der Waals surface area contributed by atoms with Gasteiger partial charge in [-0.3, -0.25) is 0 Å². The van der Waals surface area contributed by atoms with Gasteiger partial charge in [0.25, 0.3) is 0 Å². The Morgan fingerprint density at radius 2 is 0.680 bits per heavy atom. The van der Waals surface area contributed by atoms with Crippen LogP contribution in [0, 0.1) is 5.33 Å². The second-order valence-corrected chi connectivity index (χ2v) is 15.9. The largest absolute Gasteiger partial charge is 1.00 e. The van der Waals surface area contributed by atoms with Gasteiger partial charge in [0.1, 0.15) is 61.5 Å². The van der Waals surface area contributed by atoms with Gasteiger partial charge in [-0.25, -0.2) is 0 Å². The fourth-order valence-electron chi connectivity index (χ4n) is 4.06. The van der Waals surface area contributed by atoms with E-state index in [0.29, 0.717) is 64.8 Å². The fraction of sp³-hybridized carbons (Fsp3) is 0.932. The predicted octanol–water partition coefficient (Wildman–Crippen LogP) is -4.68. The molecular weight excluding hydrogens is 1290 g/mol. The second-order valence-electron chi connectivity index (χ2n) is 14.7. The maximum absolute atomic E-state index is 9.13. The Morgan fingerprint density at radius 1 is 0.453 bits per heavy atom. The van der Waals surface area contributed by atoms with Crippen molar-refractivity contribution in [3.8, 4) is 0 Å². The number of hydrogen-bond acceptors (Lipinski definition) is 26. The van der Waals surface area contributed by atoms with E-state index in [1.54, 1.807) is 20.3 Å². The summed E-state index contributed by atoms with van der Waals surface area (Å²) in [4.78, 5) is 0. The third-order valence-corrected chi connectivity index (χ3v) is 8.61. The van der Waals surface area contributed by atoms with Gasteiger partial charge < -0.3 is 128 Å². The van der Waals surface area contributed by atoms with Crippen LogP contribution in [-0.4, -0.2) is 325 Å². The summed E-state index contributed by atoms with van der Waals surface area (Å²) in [7, 11) is 11.7. The van der Waals surface area contributed by atoms with Crippen molar-refractivity contribution in [3.05, 3.63) is 18.0 Å². The molecule has 11 atom stereocenters. The Labute approximate surface area is 505 Å². The average molecular weight is 1380 g/mol. The SMILES string of the molecule is Br.Br.C=CCOCC(O)COC.CO.COCC(O)COCC(O)CBr.COCC(O)COCC(O)COC.COCC(O)COCC(O)[CH+]Br.COCC(O)COCC1CO1.COCC(O)COCC1CO1.[Na+].[OH-]. The van der Waals surface area contributed by atoms with E-state index >= 15 is 0 Å². The maximum atomic E-state index is 9.13. The van der Waals surface area contributed by atoms with Crippen molar-refractivity contribution in [2.75, 3.05) is 201 Å². The van der Waals surface area contributed by atoms with Crippen LogP contribution >= 0.6 is 65.8 Å². The van der Waals surface area contributed by atoms with Crippen molar-refractivity contribution in [3.63, 3.8) is 0 Å². The van der Waals surface area contributed by atoms with Crippen LogP contribution < -0.4 is 29.6 Å². The summed E-state index contributed by atoms with van der Waals surface area (Å²) in [5.74, 6) is 0. The summed E-state index contributed by atoms with van der Waals surface area (Å²) in [5.41, 5.74) is 0. The van der Waals surface area contributed by atoms with Crippen molar-refractivity contribution in [2.45, 2.75) is 67.1 Å². The Balaban J connectivity index is -0.0000000979. The molecular formula is C44H96Br4NaO26+. The van der Waals surface area contributed by atoms with E-state index < -0.39 is 54.9 Å². The van der Waals surface area contributed by atoms with Crippen molar-refractivity contribution >= 4 is 65.8 Å². The minimum Gasteiger partial charge on any atom is -0.870 e. The Hall–Kier alpha value is 1.49. The molecule has 0 amide bonds. The molecule has 2 fully saturated rings. The van der Waals surface area contributed by atoms with E-state index in [1.807, 2.05) is 0 Å². The first-order valence-corrected chi connectivity index (χ1v) is 24.4. The predicted molar refractivity (Wildman–Crippen MR) is 290 cm³/mol. The van der Waals surface area contributed by atoms with Crippen LogP contribution in [-0.2, 0) is 71.1 Å². The smallest absolute Gasteiger partial charge is 0.870 e. The van der Waals surface area contributed by atoms with Crippen LogP contribution in [0.1, 0.15) is 0 Å². The molecule has 0 radical (unpaired) electrons. The van der Waals surface area contributed by atoms with Crippen LogP contribution in [0.3, 0.4) is 0 Å². The number of epoxide rings is 2. The molecule has 0 spiro atoms. The number of alkyl halides is 1. The summed E-state index contributed by atoms with van der Waals surface area (Å²) in [6.07, 6.45) is -3.05. The van der Waals surface area contributed by atoms with Gasteiger partial charge in [-0.05, 0) is 0 Å². The van der Waals surface area contributed by atoms with Crippen molar-refractivity contribution in [1.29, 1.82) is 0 Å². The van der Waals surface area contributed by atoms with Crippen molar-refractivity contribution in [2.24, 2.45) is 0 Å². The Morgan fingerprint density at radius 3 is 0.893 bits per heavy atom. The number of rotatable bonds is 40. The Kier molecular flexibility index (Phi) is 99.0. The van der Waals surface area contributed by atoms with Crippen LogP contribution in [0.25, 0.3) is 0 Å². The quantitative estimate of drug-likeness (QED) is 0.00688. The van der Waals surface area contributed by atoms with Gasteiger partial charge in [0.2, 0.25) is 6.10 Å². The number of aliphatic hydroxyl groups excluding tert-OH is 10. The molecule has 0 bridgehead atoms. The first-order chi connectivity index (χ1) is 34.1. The standard InChI is InChI=1S/C8H18O5.C7H15BrO4.C7H14BrO4.2C7H14O4.C7H14O3.CH4O.2BrH.Na.H2O/c1-11-3-7(9)5-13-6-8(10)4-12-2;2*1-11-3-7(10)5-12-4-6(9)2-8;2*1-9-2-6(8)3-10-4-7-5-11-7;1-3-4-10-6-7(8)5-9-2;1-2;;;;/h7-10H,3-6H2,1-2H3;6-7,9-10H,2-5H2,1H3;2,6-7,9-10H,3-5H2,1H3;2*6-8H,2-5H2,1H3;3,7-8H,1,4-6H2,2H3;2H,1H3;2*1H;;1H2/q;;+1;;;;;;;+1;/p-1. The zero-order valence-corrected chi connectivity index (χ0v) is 54.0. The van der Waals surface area contributed by atoms with Crippen LogP contribution in [0.4, 0.5) is 0 Å². The van der Waals surface area contributed by atoms with Gasteiger partial charge in [-0.2, -0.15) is 0 Å². The van der Waals surface area contributed by atoms with E-state index in [9.17, 15) is 0 Å². The van der Waals surface area contributed by atoms with Gasteiger partial charge in [-0.15, -0.1) is 40.5 Å². The van der Waals surface area contributed by atoms with Crippen molar-refractivity contribution < 1.29 is 157 Å². The van der Waals surface area contributed by atoms with Gasteiger partial charge in [0, 0.05) is 62.2 Å². The molecule has 2 saturated heterocycles. The first kappa shape index (κ1) is 95.7. The van der Waals surface area contributed by atoms with Gasteiger partial charge in [0.15, 0.2) is 21.3 Å². The normalized spacial score (nSPS) is 17.0. The monoisotopic (exact) mass is 1380 g/mol. The molecule has 2 aliphatic rings. The molecule has 456 valence electrons. The number of halogens is 4.